The summed E-state index contributed by atoms with van der Waals surface area (Å²) in [6.07, 6.45) is 3.01. The van der Waals surface area contributed by atoms with Crippen LogP contribution in [-0.2, 0) is 9.09 Å². The van der Waals surface area contributed by atoms with Crippen LogP contribution in [0.5, 0.6) is 0 Å². The van der Waals surface area contributed by atoms with Gasteiger partial charge in [0.1, 0.15) is 0 Å². The minimum absolute atomic E-state index is 0.119. The number of anilines is 1. The van der Waals surface area contributed by atoms with E-state index in [4.69, 9.17) is 4.52 Å². The first-order valence-corrected chi connectivity index (χ1v) is 12.7. The van der Waals surface area contributed by atoms with Crippen LogP contribution >= 0.6 is 7.37 Å². The monoisotopic (exact) mass is 429 g/mol. The lowest BCUT2D eigenvalue weighted by Gasteiger charge is -2.40. The predicted molar refractivity (Wildman–Crippen MR) is 126 cm³/mol. The molecule has 0 radical (unpaired) electrons. The van der Waals surface area contributed by atoms with Gasteiger partial charge in [0.05, 0.1) is 6.10 Å². The molecule has 2 aromatic carbocycles. The Morgan fingerprint density at radius 2 is 1.67 bits per heavy atom. The summed E-state index contributed by atoms with van der Waals surface area (Å²) in [6.45, 7) is 6.65. The van der Waals surface area contributed by atoms with Gasteiger partial charge in [-0.05, 0) is 60.4 Å². The lowest BCUT2D eigenvalue weighted by atomic mass is 9.75. The minimum atomic E-state index is -3.57. The maximum atomic E-state index is 14.5. The van der Waals surface area contributed by atoms with Crippen LogP contribution in [0.1, 0.15) is 51.4 Å². The topological polar surface area (TPSA) is 49.8 Å². The third kappa shape index (κ3) is 4.99. The van der Waals surface area contributed by atoms with Gasteiger partial charge < -0.3 is 14.5 Å². The fraction of sp³-hybridized carbons (Fsp3) is 0.520. The molecule has 0 heterocycles. The highest BCUT2D eigenvalue weighted by Crippen LogP contribution is 2.60. The molecule has 4 nitrogen and oxygen atoms in total. The number of rotatable bonds is 7. The number of hydrogen-bond acceptors (Lipinski definition) is 4. The number of aliphatic hydroxyl groups is 1. The summed E-state index contributed by atoms with van der Waals surface area (Å²) < 4.78 is 21.0. The van der Waals surface area contributed by atoms with Crippen LogP contribution in [0.2, 0.25) is 0 Å². The van der Waals surface area contributed by atoms with E-state index in [1.54, 1.807) is 0 Å². The highest BCUT2D eigenvalue weighted by atomic mass is 31.2. The third-order valence-corrected chi connectivity index (χ3v) is 8.94. The van der Waals surface area contributed by atoms with Gasteiger partial charge in [-0.25, -0.2) is 0 Å². The van der Waals surface area contributed by atoms with Crippen molar-refractivity contribution in [3.8, 4) is 0 Å². The van der Waals surface area contributed by atoms with Crippen molar-refractivity contribution >= 4 is 18.4 Å². The molecular formula is C25H36NO3P. The summed E-state index contributed by atoms with van der Waals surface area (Å²) in [5.74, 6) is 0.136. The van der Waals surface area contributed by atoms with Gasteiger partial charge in [-0.3, -0.25) is 4.57 Å². The molecule has 1 N–H and O–H groups in total. The molecule has 0 spiro atoms. The van der Waals surface area contributed by atoms with Crippen LogP contribution in [0.4, 0.5) is 5.69 Å². The van der Waals surface area contributed by atoms with Gasteiger partial charge in [0.15, 0.2) is 5.85 Å². The van der Waals surface area contributed by atoms with E-state index in [0.29, 0.717) is 28.6 Å². The van der Waals surface area contributed by atoms with Crippen LogP contribution in [0.25, 0.3) is 0 Å². The zero-order valence-corrected chi connectivity index (χ0v) is 19.8. The van der Waals surface area contributed by atoms with Crippen LogP contribution < -0.4 is 10.2 Å². The SMILES string of the molecule is CC(C)[C@@H]1CC[C@@H](C)C[C@H]1O[P@](=O)(c1ccc(N(C)C)cc1)[C@H](O)c1ccccc1. The van der Waals surface area contributed by atoms with Gasteiger partial charge in [-0.15, -0.1) is 0 Å². The molecule has 2 aromatic rings. The molecule has 1 fully saturated rings. The van der Waals surface area contributed by atoms with Crippen LogP contribution in [-0.4, -0.2) is 25.3 Å². The van der Waals surface area contributed by atoms with E-state index < -0.39 is 13.2 Å². The molecule has 0 amide bonds. The van der Waals surface area contributed by atoms with E-state index in [2.05, 4.69) is 20.8 Å². The van der Waals surface area contributed by atoms with E-state index in [9.17, 15) is 9.67 Å². The third-order valence-electron chi connectivity index (χ3n) is 6.40. The Labute approximate surface area is 181 Å². The molecule has 1 saturated carbocycles. The average molecular weight is 430 g/mol. The summed E-state index contributed by atoms with van der Waals surface area (Å²) in [4.78, 5) is 2.00. The molecule has 1 aliphatic carbocycles. The molecule has 1 aliphatic rings. The van der Waals surface area contributed by atoms with Gasteiger partial charge in [-0.1, -0.05) is 57.5 Å². The van der Waals surface area contributed by atoms with Crippen molar-refractivity contribution in [1.29, 1.82) is 0 Å². The van der Waals surface area contributed by atoms with E-state index in [0.717, 1.165) is 18.5 Å². The summed E-state index contributed by atoms with van der Waals surface area (Å²) >= 11 is 0. The van der Waals surface area contributed by atoms with E-state index in [1.165, 1.54) is 6.42 Å². The second-order valence-corrected chi connectivity index (χ2v) is 11.7. The first-order valence-electron chi connectivity index (χ1n) is 11.0. The van der Waals surface area contributed by atoms with Crippen LogP contribution in [0, 0.1) is 17.8 Å². The lowest BCUT2D eigenvalue weighted by Crippen LogP contribution is -2.35. The molecule has 0 bridgehead atoms. The molecule has 0 aliphatic heterocycles. The fourth-order valence-corrected chi connectivity index (χ4v) is 6.77. The van der Waals surface area contributed by atoms with Crippen molar-refractivity contribution in [3.63, 3.8) is 0 Å². The summed E-state index contributed by atoms with van der Waals surface area (Å²) in [5.41, 5.74) is 1.65. The summed E-state index contributed by atoms with van der Waals surface area (Å²) in [7, 11) is 0.376. The summed E-state index contributed by atoms with van der Waals surface area (Å²) in [6, 6.07) is 16.8. The van der Waals surface area contributed by atoms with Crippen molar-refractivity contribution in [2.45, 2.75) is 52.0 Å². The molecule has 5 heteroatoms. The van der Waals surface area contributed by atoms with Gasteiger partial charge in [0, 0.05) is 25.1 Å². The van der Waals surface area contributed by atoms with Gasteiger partial charge in [-0.2, -0.15) is 0 Å². The Hall–Kier alpha value is -1.61. The summed E-state index contributed by atoms with van der Waals surface area (Å²) in [5, 5.41) is 11.9. The first-order chi connectivity index (χ1) is 14.2. The molecule has 3 rings (SSSR count). The maximum Gasteiger partial charge on any atom is 0.264 e. The van der Waals surface area contributed by atoms with Crippen molar-refractivity contribution in [2.24, 2.45) is 17.8 Å². The largest absolute Gasteiger partial charge is 0.378 e. The fourth-order valence-electron chi connectivity index (χ4n) is 4.48. The maximum absolute atomic E-state index is 14.5. The lowest BCUT2D eigenvalue weighted by molar-refractivity contribution is 0.0427. The Bertz CT molecular complexity index is 850. The van der Waals surface area contributed by atoms with E-state index >= 15 is 0 Å². The zero-order valence-electron chi connectivity index (χ0n) is 18.9. The number of nitrogens with zero attached hydrogens (tertiary/aromatic N) is 1. The van der Waals surface area contributed by atoms with E-state index in [1.807, 2.05) is 73.6 Å². The average Bonchev–Trinajstić information content (AvgIpc) is 2.73. The zero-order chi connectivity index (χ0) is 21.9. The van der Waals surface area contributed by atoms with Gasteiger partial charge in [0.25, 0.3) is 7.37 Å². The Morgan fingerprint density at radius 3 is 2.23 bits per heavy atom. The molecule has 0 saturated heterocycles. The molecule has 164 valence electrons. The number of benzene rings is 2. The Morgan fingerprint density at radius 1 is 1.03 bits per heavy atom. The molecule has 0 unspecified atom stereocenters. The van der Waals surface area contributed by atoms with Crippen molar-refractivity contribution < 1.29 is 14.2 Å². The minimum Gasteiger partial charge on any atom is -0.378 e. The number of aliphatic hydroxyl groups excluding tert-OH is 1. The molecule has 30 heavy (non-hydrogen) atoms. The molecule has 5 atom stereocenters. The highest BCUT2D eigenvalue weighted by molar-refractivity contribution is 7.67. The second kappa shape index (κ2) is 9.68. The Balaban J connectivity index is 2.01. The van der Waals surface area contributed by atoms with Gasteiger partial charge >= 0.3 is 0 Å². The Kier molecular flexibility index (Phi) is 7.44. The first kappa shape index (κ1) is 23.1. The van der Waals surface area contributed by atoms with E-state index in [-0.39, 0.29) is 6.10 Å². The number of hydrogen-bond donors (Lipinski definition) is 1. The molecular weight excluding hydrogens is 393 g/mol. The van der Waals surface area contributed by atoms with Crippen molar-refractivity contribution in [2.75, 3.05) is 19.0 Å². The standard InChI is InChI=1S/C25H36NO3P/c1-18(2)23-16-11-19(3)17-24(23)29-30(28,25(27)20-9-7-6-8-10-20)22-14-12-21(13-15-22)26(4)5/h6-10,12-15,18-19,23-25,27H,11,16-17H2,1-5H3/t19-,23+,24-,25+,30-/m1/s1. The molecule has 0 aromatic heterocycles. The van der Waals surface area contributed by atoms with Crippen LogP contribution in [0.15, 0.2) is 54.6 Å². The van der Waals surface area contributed by atoms with Crippen molar-refractivity contribution in [3.05, 3.63) is 60.2 Å². The normalized spacial score (nSPS) is 25.0. The quantitative estimate of drug-likeness (QED) is 0.563. The van der Waals surface area contributed by atoms with Crippen molar-refractivity contribution in [1.82, 2.24) is 0 Å². The predicted octanol–water partition coefficient (Wildman–Crippen LogP) is 5.82. The second-order valence-electron chi connectivity index (χ2n) is 9.26. The smallest absolute Gasteiger partial charge is 0.264 e. The highest BCUT2D eigenvalue weighted by Gasteiger charge is 2.42. The van der Waals surface area contributed by atoms with Gasteiger partial charge in [0.2, 0.25) is 0 Å². The van der Waals surface area contributed by atoms with Crippen LogP contribution in [0.3, 0.4) is 0 Å².